The van der Waals surface area contributed by atoms with E-state index in [9.17, 15) is 9.59 Å². The number of hydrogen-bond donors (Lipinski definition) is 2. The number of carbonyl (C=O) groups excluding carboxylic acids is 1. The lowest BCUT2D eigenvalue weighted by molar-refractivity contribution is -0.136. The third kappa shape index (κ3) is 4.83. The number of amides is 1. The van der Waals surface area contributed by atoms with Crippen molar-refractivity contribution < 1.29 is 14.7 Å². The number of carboxylic acid groups (broad SMARTS) is 1. The van der Waals surface area contributed by atoms with Crippen LogP contribution in [0, 0.1) is 5.92 Å². The van der Waals surface area contributed by atoms with Gasteiger partial charge in [0.25, 0.3) is 0 Å². The fourth-order valence-corrected chi connectivity index (χ4v) is 1.99. The van der Waals surface area contributed by atoms with Crippen molar-refractivity contribution >= 4 is 29.2 Å². The van der Waals surface area contributed by atoms with Gasteiger partial charge in [-0.25, -0.2) is 0 Å². The van der Waals surface area contributed by atoms with Crippen molar-refractivity contribution in [2.24, 2.45) is 11.7 Å². The Morgan fingerprint density at radius 1 is 1.30 bits per heavy atom. The van der Waals surface area contributed by atoms with Gasteiger partial charge in [0.15, 0.2) is 0 Å². The van der Waals surface area contributed by atoms with E-state index in [0.29, 0.717) is 17.1 Å². The Morgan fingerprint density at radius 3 is 2.30 bits per heavy atom. The maximum Gasteiger partial charge on any atom is 0.323 e. The zero-order valence-corrected chi connectivity index (χ0v) is 12.3. The monoisotopic (exact) mass is 298 g/mol. The molecule has 1 amide bonds. The first kappa shape index (κ1) is 16.5. The SMILES string of the molecule is CC(C)C[C@@H](N)C(=O)N(CC(=O)O)c1ccc(Cl)cc1. The van der Waals surface area contributed by atoms with Gasteiger partial charge in [-0.05, 0) is 36.6 Å². The van der Waals surface area contributed by atoms with Crippen LogP contribution >= 0.6 is 11.6 Å². The molecule has 0 heterocycles. The lowest BCUT2D eigenvalue weighted by Gasteiger charge is -2.25. The van der Waals surface area contributed by atoms with Crippen LogP contribution in [0.15, 0.2) is 24.3 Å². The van der Waals surface area contributed by atoms with Gasteiger partial charge < -0.3 is 10.8 Å². The zero-order chi connectivity index (χ0) is 15.3. The van der Waals surface area contributed by atoms with E-state index in [1.165, 1.54) is 4.90 Å². The Labute approximate surface area is 123 Å². The first-order valence-electron chi connectivity index (χ1n) is 6.35. The van der Waals surface area contributed by atoms with E-state index in [0.717, 1.165) is 0 Å². The summed E-state index contributed by atoms with van der Waals surface area (Å²) in [4.78, 5) is 24.4. The molecule has 0 saturated carbocycles. The molecule has 6 heteroatoms. The summed E-state index contributed by atoms with van der Waals surface area (Å²) in [6, 6.07) is 5.70. The highest BCUT2D eigenvalue weighted by molar-refractivity contribution is 6.30. The Bertz CT molecular complexity index is 474. The van der Waals surface area contributed by atoms with Crippen molar-refractivity contribution in [3.63, 3.8) is 0 Å². The van der Waals surface area contributed by atoms with Gasteiger partial charge in [-0.1, -0.05) is 25.4 Å². The lowest BCUT2D eigenvalue weighted by Crippen LogP contribution is -2.46. The summed E-state index contributed by atoms with van der Waals surface area (Å²) in [7, 11) is 0. The van der Waals surface area contributed by atoms with Gasteiger partial charge in [0.2, 0.25) is 5.91 Å². The molecule has 0 aliphatic rings. The predicted molar refractivity (Wildman–Crippen MR) is 78.9 cm³/mol. The molecule has 3 N–H and O–H groups in total. The summed E-state index contributed by atoms with van der Waals surface area (Å²) in [5.74, 6) is -1.24. The Morgan fingerprint density at radius 2 is 1.85 bits per heavy atom. The molecule has 0 bridgehead atoms. The summed E-state index contributed by atoms with van der Waals surface area (Å²) in [5.41, 5.74) is 6.32. The van der Waals surface area contributed by atoms with E-state index in [4.69, 9.17) is 22.4 Å². The van der Waals surface area contributed by atoms with Crippen LogP contribution in [0.4, 0.5) is 5.69 Å². The summed E-state index contributed by atoms with van der Waals surface area (Å²) >= 11 is 5.79. The number of carbonyl (C=O) groups is 2. The normalized spacial score (nSPS) is 12.2. The molecule has 0 aliphatic carbocycles. The quantitative estimate of drug-likeness (QED) is 0.842. The van der Waals surface area contributed by atoms with E-state index in [1.807, 2.05) is 13.8 Å². The Hall–Kier alpha value is -1.59. The van der Waals surface area contributed by atoms with E-state index < -0.39 is 24.5 Å². The van der Waals surface area contributed by atoms with Gasteiger partial charge in [0, 0.05) is 10.7 Å². The van der Waals surface area contributed by atoms with Crippen molar-refractivity contribution in [2.45, 2.75) is 26.3 Å². The Balaban J connectivity index is 2.96. The van der Waals surface area contributed by atoms with Crippen molar-refractivity contribution in [1.29, 1.82) is 0 Å². The number of nitrogens with two attached hydrogens (primary N) is 1. The van der Waals surface area contributed by atoms with Gasteiger partial charge in [-0.15, -0.1) is 0 Å². The molecule has 0 aromatic heterocycles. The number of nitrogens with zero attached hydrogens (tertiary/aromatic N) is 1. The molecule has 1 atom stereocenters. The number of benzene rings is 1. The molecule has 0 saturated heterocycles. The highest BCUT2D eigenvalue weighted by atomic mass is 35.5. The number of halogens is 1. The average Bonchev–Trinajstić information content (AvgIpc) is 2.35. The minimum absolute atomic E-state index is 0.255. The number of hydrogen-bond acceptors (Lipinski definition) is 3. The van der Waals surface area contributed by atoms with Crippen LogP contribution in [0.5, 0.6) is 0 Å². The molecule has 1 rings (SSSR count). The van der Waals surface area contributed by atoms with Gasteiger partial charge in [-0.3, -0.25) is 14.5 Å². The molecule has 0 spiro atoms. The fourth-order valence-electron chi connectivity index (χ4n) is 1.86. The predicted octanol–water partition coefficient (Wildman–Crippen LogP) is 2.13. The summed E-state index contributed by atoms with van der Waals surface area (Å²) in [5, 5.41) is 9.47. The molecule has 1 aromatic rings. The minimum Gasteiger partial charge on any atom is -0.480 e. The van der Waals surface area contributed by atoms with Crippen LogP contribution in [0.1, 0.15) is 20.3 Å². The summed E-state index contributed by atoms with van der Waals surface area (Å²) < 4.78 is 0. The number of carboxylic acids is 1. The third-order valence-corrected chi connectivity index (χ3v) is 2.99. The molecule has 0 radical (unpaired) electrons. The second-order valence-electron chi connectivity index (χ2n) is 5.03. The number of rotatable bonds is 6. The van der Waals surface area contributed by atoms with Crippen molar-refractivity contribution in [2.75, 3.05) is 11.4 Å². The summed E-state index contributed by atoms with van der Waals surface area (Å²) in [6.45, 7) is 3.49. The molecule has 110 valence electrons. The average molecular weight is 299 g/mol. The molecule has 5 nitrogen and oxygen atoms in total. The number of aliphatic carboxylic acids is 1. The Kier molecular flexibility index (Phi) is 5.98. The minimum atomic E-state index is -1.09. The van der Waals surface area contributed by atoms with Gasteiger partial charge >= 0.3 is 5.97 Å². The molecular formula is C14H19ClN2O3. The van der Waals surface area contributed by atoms with E-state index in [2.05, 4.69) is 0 Å². The second-order valence-corrected chi connectivity index (χ2v) is 5.47. The smallest absolute Gasteiger partial charge is 0.323 e. The second kappa shape index (κ2) is 7.26. The van der Waals surface area contributed by atoms with Gasteiger partial charge in [0.05, 0.1) is 6.04 Å². The highest BCUT2D eigenvalue weighted by Crippen LogP contribution is 2.19. The first-order chi connectivity index (χ1) is 9.31. The van der Waals surface area contributed by atoms with Crippen molar-refractivity contribution in [3.8, 4) is 0 Å². The van der Waals surface area contributed by atoms with Crippen LogP contribution in [0.3, 0.4) is 0 Å². The highest BCUT2D eigenvalue weighted by Gasteiger charge is 2.24. The lowest BCUT2D eigenvalue weighted by atomic mass is 10.0. The topological polar surface area (TPSA) is 83.6 Å². The molecule has 0 fully saturated rings. The zero-order valence-electron chi connectivity index (χ0n) is 11.5. The van der Waals surface area contributed by atoms with Crippen LogP contribution in [0.2, 0.25) is 5.02 Å². The summed E-state index contributed by atoms with van der Waals surface area (Å²) in [6.07, 6.45) is 0.503. The largest absolute Gasteiger partial charge is 0.480 e. The van der Waals surface area contributed by atoms with Crippen LogP contribution in [0.25, 0.3) is 0 Å². The van der Waals surface area contributed by atoms with Gasteiger partial charge in [0.1, 0.15) is 6.54 Å². The maximum absolute atomic E-state index is 12.3. The fraction of sp³-hybridized carbons (Fsp3) is 0.429. The van der Waals surface area contributed by atoms with E-state index >= 15 is 0 Å². The molecule has 1 aromatic carbocycles. The molecule has 0 unspecified atom stereocenters. The third-order valence-electron chi connectivity index (χ3n) is 2.74. The van der Waals surface area contributed by atoms with Crippen LogP contribution in [-0.2, 0) is 9.59 Å². The van der Waals surface area contributed by atoms with Crippen LogP contribution < -0.4 is 10.6 Å². The van der Waals surface area contributed by atoms with Gasteiger partial charge in [-0.2, -0.15) is 0 Å². The molecule has 0 aliphatic heterocycles. The van der Waals surface area contributed by atoms with E-state index in [1.54, 1.807) is 24.3 Å². The van der Waals surface area contributed by atoms with Crippen LogP contribution in [-0.4, -0.2) is 29.6 Å². The maximum atomic E-state index is 12.3. The first-order valence-corrected chi connectivity index (χ1v) is 6.73. The molecular weight excluding hydrogens is 280 g/mol. The van der Waals surface area contributed by atoms with E-state index in [-0.39, 0.29) is 5.92 Å². The standard InChI is InChI=1S/C14H19ClN2O3/c1-9(2)7-12(16)14(20)17(8-13(18)19)11-5-3-10(15)4-6-11/h3-6,9,12H,7-8,16H2,1-2H3,(H,18,19)/t12-/m1/s1. The van der Waals surface area contributed by atoms with Crippen molar-refractivity contribution in [3.05, 3.63) is 29.3 Å². The number of anilines is 1. The van der Waals surface area contributed by atoms with Crippen molar-refractivity contribution in [1.82, 2.24) is 0 Å². The molecule has 20 heavy (non-hydrogen) atoms.